The van der Waals surface area contributed by atoms with Crippen LogP contribution in [0.1, 0.15) is 12.0 Å². The van der Waals surface area contributed by atoms with Crippen LogP contribution in [-0.2, 0) is 17.8 Å². The highest BCUT2D eigenvalue weighted by Gasteiger charge is 2.05. The summed E-state index contributed by atoms with van der Waals surface area (Å²) in [5.41, 5.74) is 2.23. The molecular weight excluding hydrogens is 302 g/mol. The van der Waals surface area contributed by atoms with Gasteiger partial charge >= 0.3 is 0 Å². The van der Waals surface area contributed by atoms with E-state index in [2.05, 4.69) is 10.4 Å². The van der Waals surface area contributed by atoms with Gasteiger partial charge in [-0.2, -0.15) is 5.10 Å². The number of carbonyl (C=O) groups excluding carboxylic acids is 1. The highest BCUT2D eigenvalue weighted by molar-refractivity contribution is 5.79. The Bertz CT molecular complexity index is 809. The van der Waals surface area contributed by atoms with Crippen LogP contribution in [0.3, 0.4) is 0 Å². The van der Waals surface area contributed by atoms with Gasteiger partial charge in [-0.15, -0.1) is 0 Å². The fraction of sp³-hybridized carbons (Fsp3) is 0.263. The van der Waals surface area contributed by atoms with Crippen molar-refractivity contribution in [2.75, 3.05) is 13.7 Å². The summed E-state index contributed by atoms with van der Waals surface area (Å²) in [5, 5.41) is 8.39. The molecule has 0 unspecified atom stereocenters. The zero-order valence-corrected chi connectivity index (χ0v) is 13.7. The summed E-state index contributed by atoms with van der Waals surface area (Å²) in [6.07, 6.45) is 3.06. The van der Waals surface area contributed by atoms with Crippen molar-refractivity contribution in [1.29, 1.82) is 0 Å². The molecule has 1 aromatic heterocycles. The van der Waals surface area contributed by atoms with Crippen molar-refractivity contribution in [3.63, 3.8) is 0 Å². The molecule has 124 valence electrons. The van der Waals surface area contributed by atoms with Gasteiger partial charge < -0.3 is 10.1 Å². The van der Waals surface area contributed by atoms with Gasteiger partial charge in [-0.1, -0.05) is 30.3 Å². The number of hydrogen-bond donors (Lipinski definition) is 1. The topological polar surface area (TPSA) is 56.1 Å². The summed E-state index contributed by atoms with van der Waals surface area (Å²) in [6, 6.07) is 15.9. The second-order valence-electron chi connectivity index (χ2n) is 5.62. The van der Waals surface area contributed by atoms with E-state index < -0.39 is 0 Å². The molecule has 0 aliphatic heterocycles. The molecule has 0 bridgehead atoms. The van der Waals surface area contributed by atoms with Gasteiger partial charge in [0.25, 0.3) is 0 Å². The Labute approximate surface area is 141 Å². The smallest absolute Gasteiger partial charge is 0.221 e. The molecular formula is C19H21N3O2. The Morgan fingerprint density at radius 1 is 1.17 bits per heavy atom. The lowest BCUT2D eigenvalue weighted by Gasteiger charge is -2.07. The van der Waals surface area contributed by atoms with Crippen molar-refractivity contribution >= 4 is 16.8 Å². The predicted molar refractivity (Wildman–Crippen MR) is 94.1 cm³/mol. The van der Waals surface area contributed by atoms with Gasteiger partial charge in [-0.25, -0.2) is 0 Å². The zero-order valence-electron chi connectivity index (χ0n) is 13.7. The minimum atomic E-state index is 0.0445. The number of aromatic nitrogens is 2. The quantitative estimate of drug-likeness (QED) is 0.727. The Kier molecular flexibility index (Phi) is 5.11. The van der Waals surface area contributed by atoms with Crippen molar-refractivity contribution in [2.45, 2.75) is 19.4 Å². The first-order chi connectivity index (χ1) is 11.8. The van der Waals surface area contributed by atoms with Crippen molar-refractivity contribution in [2.24, 2.45) is 0 Å². The fourth-order valence-corrected chi connectivity index (χ4v) is 2.64. The van der Waals surface area contributed by atoms with Crippen LogP contribution in [0.25, 0.3) is 10.9 Å². The minimum absolute atomic E-state index is 0.0445. The van der Waals surface area contributed by atoms with Crippen LogP contribution in [0.4, 0.5) is 0 Å². The average molecular weight is 323 g/mol. The second-order valence-corrected chi connectivity index (χ2v) is 5.62. The Hall–Kier alpha value is -2.82. The number of benzene rings is 2. The van der Waals surface area contributed by atoms with Crippen LogP contribution < -0.4 is 10.1 Å². The number of amides is 1. The third kappa shape index (κ3) is 3.93. The lowest BCUT2D eigenvalue weighted by atomic mass is 10.1. The average Bonchev–Trinajstić information content (AvgIpc) is 3.04. The third-order valence-corrected chi connectivity index (χ3v) is 4.00. The highest BCUT2D eigenvalue weighted by atomic mass is 16.5. The number of aryl methyl sites for hydroxylation is 1. The van der Waals surface area contributed by atoms with E-state index in [1.807, 2.05) is 59.4 Å². The first kappa shape index (κ1) is 16.1. The molecule has 0 saturated carbocycles. The number of fused-ring (bicyclic) bond motifs is 1. The number of rotatable bonds is 7. The molecule has 1 amide bonds. The van der Waals surface area contributed by atoms with Crippen LogP contribution in [0.5, 0.6) is 5.75 Å². The summed E-state index contributed by atoms with van der Waals surface area (Å²) < 4.78 is 7.01. The van der Waals surface area contributed by atoms with E-state index >= 15 is 0 Å². The summed E-state index contributed by atoms with van der Waals surface area (Å²) in [5.74, 6) is 0.886. The number of ether oxygens (including phenoxy) is 1. The maximum absolute atomic E-state index is 12.0. The number of nitrogens with one attached hydrogen (secondary N) is 1. The zero-order chi connectivity index (χ0) is 16.8. The monoisotopic (exact) mass is 323 g/mol. The van der Waals surface area contributed by atoms with E-state index in [0.717, 1.165) is 23.1 Å². The molecule has 0 aliphatic rings. The van der Waals surface area contributed by atoms with Crippen LogP contribution in [0.15, 0.2) is 54.7 Å². The van der Waals surface area contributed by atoms with E-state index in [0.29, 0.717) is 19.5 Å². The first-order valence-corrected chi connectivity index (χ1v) is 8.06. The van der Waals surface area contributed by atoms with Gasteiger partial charge in [-0.3, -0.25) is 9.48 Å². The molecule has 5 heteroatoms. The first-order valence-electron chi connectivity index (χ1n) is 8.06. The number of carbonyl (C=O) groups is 1. The molecule has 5 nitrogen and oxygen atoms in total. The molecule has 0 atom stereocenters. The Balaban J connectivity index is 1.44. The molecule has 0 radical (unpaired) electrons. The predicted octanol–water partition coefficient (Wildman–Crippen LogP) is 2.79. The van der Waals surface area contributed by atoms with E-state index in [9.17, 15) is 4.79 Å². The molecule has 24 heavy (non-hydrogen) atoms. The third-order valence-electron chi connectivity index (χ3n) is 4.00. The van der Waals surface area contributed by atoms with E-state index in [1.54, 1.807) is 7.11 Å². The number of para-hydroxylation sites is 1. The number of methoxy groups -OCH3 is 1. The normalized spacial score (nSPS) is 10.7. The van der Waals surface area contributed by atoms with Crippen molar-refractivity contribution in [1.82, 2.24) is 15.1 Å². The summed E-state index contributed by atoms with van der Waals surface area (Å²) in [7, 11) is 1.65. The summed E-state index contributed by atoms with van der Waals surface area (Å²) in [6.45, 7) is 1.22. The van der Waals surface area contributed by atoms with Crippen molar-refractivity contribution in [3.8, 4) is 5.75 Å². The molecule has 3 aromatic rings. The van der Waals surface area contributed by atoms with Crippen molar-refractivity contribution < 1.29 is 9.53 Å². The van der Waals surface area contributed by atoms with Gasteiger partial charge in [-0.05, 0) is 30.2 Å². The molecule has 0 spiro atoms. The van der Waals surface area contributed by atoms with Crippen LogP contribution in [0, 0.1) is 0 Å². The molecule has 1 heterocycles. The molecule has 0 saturated heterocycles. The molecule has 3 rings (SSSR count). The Morgan fingerprint density at radius 3 is 2.75 bits per heavy atom. The lowest BCUT2D eigenvalue weighted by Crippen LogP contribution is -2.26. The van der Waals surface area contributed by atoms with Gasteiger partial charge in [0.05, 0.1) is 25.4 Å². The lowest BCUT2D eigenvalue weighted by molar-refractivity contribution is -0.121. The van der Waals surface area contributed by atoms with Gasteiger partial charge in [0.1, 0.15) is 5.75 Å². The molecule has 0 fully saturated rings. The van der Waals surface area contributed by atoms with Gasteiger partial charge in [0.15, 0.2) is 0 Å². The molecule has 1 N–H and O–H groups in total. The van der Waals surface area contributed by atoms with Gasteiger partial charge in [0.2, 0.25) is 5.91 Å². The highest BCUT2D eigenvalue weighted by Crippen LogP contribution is 2.13. The van der Waals surface area contributed by atoms with Crippen LogP contribution in [-0.4, -0.2) is 29.3 Å². The number of nitrogens with zero attached hydrogens (tertiary/aromatic N) is 2. The van der Waals surface area contributed by atoms with Gasteiger partial charge in [0, 0.05) is 18.4 Å². The maximum atomic E-state index is 12.0. The van der Waals surface area contributed by atoms with Crippen molar-refractivity contribution in [3.05, 3.63) is 60.3 Å². The Morgan fingerprint density at radius 2 is 1.96 bits per heavy atom. The SMILES string of the molecule is COc1ccc(CCNC(=O)CCn2ncc3ccccc32)cc1. The minimum Gasteiger partial charge on any atom is -0.497 e. The fourth-order valence-electron chi connectivity index (χ4n) is 2.64. The standard InChI is InChI=1S/C19H21N3O2/c1-24-17-8-6-15(7-9-17)10-12-20-19(23)11-13-22-18-5-3-2-4-16(18)14-21-22/h2-9,14H,10-13H2,1H3,(H,20,23). The largest absolute Gasteiger partial charge is 0.497 e. The van der Waals surface area contributed by atoms with E-state index in [-0.39, 0.29) is 5.91 Å². The number of hydrogen-bond acceptors (Lipinski definition) is 3. The summed E-state index contributed by atoms with van der Waals surface area (Å²) >= 11 is 0. The molecule has 0 aliphatic carbocycles. The van der Waals surface area contributed by atoms with Crippen LogP contribution in [0.2, 0.25) is 0 Å². The molecule has 2 aromatic carbocycles. The van der Waals surface area contributed by atoms with E-state index in [1.165, 1.54) is 5.56 Å². The van der Waals surface area contributed by atoms with E-state index in [4.69, 9.17) is 4.74 Å². The maximum Gasteiger partial charge on any atom is 0.221 e. The second kappa shape index (κ2) is 7.64. The van der Waals surface area contributed by atoms with Crippen LogP contribution >= 0.6 is 0 Å². The summed E-state index contributed by atoms with van der Waals surface area (Å²) in [4.78, 5) is 12.0.